The summed E-state index contributed by atoms with van der Waals surface area (Å²) in [6.45, 7) is 0.956. The number of fused-ring (bicyclic) bond motifs is 1. The zero-order valence-electron chi connectivity index (χ0n) is 9.79. The van der Waals surface area contributed by atoms with Gasteiger partial charge in [0.2, 0.25) is 0 Å². The maximum absolute atomic E-state index is 6.21. The van der Waals surface area contributed by atoms with Crippen molar-refractivity contribution in [1.29, 1.82) is 0 Å². The molecule has 0 saturated heterocycles. The summed E-state index contributed by atoms with van der Waals surface area (Å²) >= 11 is 8.48. The lowest BCUT2D eigenvalue weighted by Gasteiger charge is -2.30. The molecule has 2 aromatic rings. The van der Waals surface area contributed by atoms with Gasteiger partial charge in [-0.2, -0.15) is 0 Å². The Hall–Kier alpha value is -0.740. The number of hydrogen-bond donors (Lipinski definition) is 1. The smallest absolute Gasteiger partial charge is 0.0648 e. The highest BCUT2D eigenvalue weighted by atomic mass is 127. The lowest BCUT2D eigenvalue weighted by molar-refractivity contribution is 0.636. The minimum atomic E-state index is 0.622. The highest BCUT2D eigenvalue weighted by Gasteiger charge is 2.24. The van der Waals surface area contributed by atoms with Gasteiger partial charge in [0.25, 0.3) is 0 Å². The maximum atomic E-state index is 6.21. The van der Waals surface area contributed by atoms with Gasteiger partial charge in [-0.1, -0.05) is 35.9 Å². The molecule has 1 unspecified atom stereocenters. The zero-order valence-corrected chi connectivity index (χ0v) is 12.7. The lowest BCUT2D eigenvalue weighted by Crippen LogP contribution is -2.24. The first-order chi connectivity index (χ1) is 8.74. The molecule has 0 spiro atoms. The molecule has 0 aliphatic heterocycles. The van der Waals surface area contributed by atoms with E-state index in [1.807, 2.05) is 6.07 Å². The van der Waals surface area contributed by atoms with E-state index >= 15 is 0 Å². The minimum absolute atomic E-state index is 0.622. The van der Waals surface area contributed by atoms with Crippen molar-refractivity contribution < 1.29 is 0 Å². The van der Waals surface area contributed by atoms with Crippen LogP contribution in [0, 0.1) is 3.57 Å². The Labute approximate surface area is 126 Å². The molecule has 3 rings (SSSR count). The maximum Gasteiger partial charge on any atom is 0.0648 e. The molecule has 0 fully saturated rings. The monoisotopic (exact) mass is 369 g/mol. The van der Waals surface area contributed by atoms with Gasteiger partial charge in [0, 0.05) is 16.0 Å². The van der Waals surface area contributed by atoms with Crippen LogP contribution in [0.5, 0.6) is 0 Å². The van der Waals surface area contributed by atoms with Crippen molar-refractivity contribution in [2.75, 3.05) is 11.9 Å². The van der Waals surface area contributed by atoms with E-state index in [2.05, 4.69) is 64.3 Å². The largest absolute Gasteiger partial charge is 0.383 e. The van der Waals surface area contributed by atoms with Crippen LogP contribution in [0.15, 0.2) is 42.5 Å². The molecular weight excluding hydrogens is 357 g/mol. The topological polar surface area (TPSA) is 12.0 Å². The summed E-state index contributed by atoms with van der Waals surface area (Å²) in [5, 5.41) is 4.25. The van der Waals surface area contributed by atoms with Gasteiger partial charge in [0.05, 0.1) is 10.7 Å². The third-order valence-corrected chi connectivity index (χ3v) is 4.41. The third-order valence-electron chi connectivity index (χ3n) is 3.43. The summed E-state index contributed by atoms with van der Waals surface area (Å²) < 4.78 is 1.16. The standard InChI is InChI=1S/C15H13ClIN/c16-14-8-12(17)5-6-15(14)18-9-11-7-10-3-1-2-4-13(10)11/h1-6,8,11,18H,7,9H2. The van der Waals surface area contributed by atoms with Crippen molar-refractivity contribution in [2.45, 2.75) is 12.3 Å². The van der Waals surface area contributed by atoms with Crippen molar-refractivity contribution in [3.8, 4) is 0 Å². The molecule has 0 heterocycles. The number of halogens is 2. The van der Waals surface area contributed by atoms with E-state index < -0.39 is 0 Å². The molecule has 0 saturated carbocycles. The Bertz CT molecular complexity index is 582. The summed E-state index contributed by atoms with van der Waals surface area (Å²) in [6.07, 6.45) is 1.17. The normalized spacial score (nSPS) is 16.9. The van der Waals surface area contributed by atoms with E-state index in [1.54, 1.807) is 0 Å². The minimum Gasteiger partial charge on any atom is -0.383 e. The van der Waals surface area contributed by atoms with E-state index in [-0.39, 0.29) is 0 Å². The van der Waals surface area contributed by atoms with Gasteiger partial charge in [-0.05, 0) is 58.3 Å². The van der Waals surface area contributed by atoms with Crippen LogP contribution in [-0.4, -0.2) is 6.54 Å². The van der Waals surface area contributed by atoms with Gasteiger partial charge < -0.3 is 5.32 Å². The van der Waals surface area contributed by atoms with Crippen LogP contribution in [-0.2, 0) is 6.42 Å². The highest BCUT2D eigenvalue weighted by molar-refractivity contribution is 14.1. The number of nitrogens with one attached hydrogen (secondary N) is 1. The van der Waals surface area contributed by atoms with E-state index in [0.29, 0.717) is 5.92 Å². The molecule has 3 heteroatoms. The lowest BCUT2D eigenvalue weighted by atomic mass is 9.77. The molecule has 1 aliphatic rings. The van der Waals surface area contributed by atoms with Crippen LogP contribution in [0.4, 0.5) is 5.69 Å². The molecule has 18 heavy (non-hydrogen) atoms. The van der Waals surface area contributed by atoms with Crippen LogP contribution in [0.1, 0.15) is 17.0 Å². The predicted molar refractivity (Wildman–Crippen MR) is 85.5 cm³/mol. The summed E-state index contributed by atoms with van der Waals surface area (Å²) in [7, 11) is 0. The molecule has 1 N–H and O–H groups in total. The van der Waals surface area contributed by atoms with Crippen LogP contribution < -0.4 is 5.32 Å². The Morgan fingerprint density at radius 3 is 2.83 bits per heavy atom. The van der Waals surface area contributed by atoms with E-state index in [1.165, 1.54) is 17.5 Å². The average molecular weight is 370 g/mol. The van der Waals surface area contributed by atoms with Crippen molar-refractivity contribution >= 4 is 39.9 Å². The Morgan fingerprint density at radius 2 is 2.06 bits per heavy atom. The summed E-state index contributed by atoms with van der Waals surface area (Å²) in [6, 6.07) is 14.8. The van der Waals surface area contributed by atoms with Crippen molar-refractivity contribution in [3.63, 3.8) is 0 Å². The highest BCUT2D eigenvalue weighted by Crippen LogP contribution is 2.35. The number of anilines is 1. The fourth-order valence-corrected chi connectivity index (χ4v) is 3.33. The molecule has 0 radical (unpaired) electrons. The number of hydrogen-bond acceptors (Lipinski definition) is 1. The van der Waals surface area contributed by atoms with Gasteiger partial charge in [0.1, 0.15) is 0 Å². The molecule has 92 valence electrons. The molecule has 1 nitrogen and oxygen atoms in total. The zero-order chi connectivity index (χ0) is 12.5. The average Bonchev–Trinajstić information content (AvgIpc) is 2.33. The second-order valence-electron chi connectivity index (χ2n) is 4.60. The molecule has 0 aromatic heterocycles. The van der Waals surface area contributed by atoms with Gasteiger partial charge in [-0.15, -0.1) is 0 Å². The van der Waals surface area contributed by atoms with Crippen LogP contribution >= 0.6 is 34.2 Å². The third kappa shape index (κ3) is 2.36. The van der Waals surface area contributed by atoms with Crippen LogP contribution in [0.25, 0.3) is 0 Å². The first kappa shape index (κ1) is 12.3. The Balaban J connectivity index is 1.66. The van der Waals surface area contributed by atoms with Crippen molar-refractivity contribution in [1.82, 2.24) is 0 Å². The number of rotatable bonds is 3. The first-order valence-electron chi connectivity index (χ1n) is 6.01. The molecule has 0 amide bonds. The fraction of sp³-hybridized carbons (Fsp3) is 0.200. The van der Waals surface area contributed by atoms with Crippen molar-refractivity contribution in [3.05, 3.63) is 62.2 Å². The van der Waals surface area contributed by atoms with Crippen molar-refractivity contribution in [2.24, 2.45) is 0 Å². The summed E-state index contributed by atoms with van der Waals surface area (Å²) in [5.41, 5.74) is 3.99. The number of benzene rings is 2. The van der Waals surface area contributed by atoms with Crippen LogP contribution in [0.2, 0.25) is 5.02 Å². The fourth-order valence-electron chi connectivity index (χ4n) is 2.41. The second kappa shape index (κ2) is 5.10. The summed E-state index contributed by atoms with van der Waals surface area (Å²) in [4.78, 5) is 0. The molecule has 0 bridgehead atoms. The quantitative estimate of drug-likeness (QED) is 0.774. The molecule has 1 atom stereocenters. The molecule has 2 aromatic carbocycles. The predicted octanol–water partition coefficient (Wildman–Crippen LogP) is 4.70. The Morgan fingerprint density at radius 1 is 1.22 bits per heavy atom. The van der Waals surface area contributed by atoms with E-state index in [0.717, 1.165) is 20.8 Å². The SMILES string of the molecule is Clc1cc(I)ccc1NCC1Cc2ccccc21. The summed E-state index contributed by atoms with van der Waals surface area (Å²) in [5.74, 6) is 0.622. The van der Waals surface area contributed by atoms with E-state index in [4.69, 9.17) is 11.6 Å². The second-order valence-corrected chi connectivity index (χ2v) is 6.26. The molecular formula is C15H13ClIN. The van der Waals surface area contributed by atoms with Gasteiger partial charge in [-0.3, -0.25) is 0 Å². The van der Waals surface area contributed by atoms with E-state index in [9.17, 15) is 0 Å². The Kier molecular flexibility index (Phi) is 3.48. The van der Waals surface area contributed by atoms with Gasteiger partial charge in [0.15, 0.2) is 0 Å². The van der Waals surface area contributed by atoms with Gasteiger partial charge >= 0.3 is 0 Å². The van der Waals surface area contributed by atoms with Gasteiger partial charge in [-0.25, -0.2) is 0 Å². The van der Waals surface area contributed by atoms with Crippen LogP contribution in [0.3, 0.4) is 0 Å². The molecule has 1 aliphatic carbocycles. The first-order valence-corrected chi connectivity index (χ1v) is 7.46.